The molecule has 1 aromatic carbocycles. The molecule has 0 saturated heterocycles. The van der Waals surface area contributed by atoms with Crippen molar-refractivity contribution in [3.8, 4) is 17.2 Å². The minimum absolute atomic E-state index is 0.0374. The van der Waals surface area contributed by atoms with Crippen molar-refractivity contribution in [3.05, 3.63) is 17.7 Å². The smallest absolute Gasteiger partial charge is 0.304 e. The van der Waals surface area contributed by atoms with Crippen LogP contribution in [0.15, 0.2) is 12.1 Å². The van der Waals surface area contributed by atoms with Crippen LogP contribution in [0.4, 0.5) is 0 Å². The van der Waals surface area contributed by atoms with Gasteiger partial charge in [-0.3, -0.25) is 4.79 Å². The molecular formula is C14H20O5. The first kappa shape index (κ1) is 15.1. The van der Waals surface area contributed by atoms with Gasteiger partial charge in [0.15, 0.2) is 11.5 Å². The number of carbonyl (C=O) groups is 1. The van der Waals surface area contributed by atoms with E-state index in [0.717, 1.165) is 0 Å². The number of aliphatic carboxylic acids is 1. The largest absolute Gasteiger partial charge is 0.504 e. The summed E-state index contributed by atoms with van der Waals surface area (Å²) in [5, 5.41) is 18.9. The highest BCUT2D eigenvalue weighted by atomic mass is 16.5. The van der Waals surface area contributed by atoms with Gasteiger partial charge in [0.05, 0.1) is 20.1 Å². The van der Waals surface area contributed by atoms with E-state index in [-0.39, 0.29) is 17.9 Å². The summed E-state index contributed by atoms with van der Waals surface area (Å²) in [4.78, 5) is 10.9. The van der Waals surface area contributed by atoms with E-state index in [0.29, 0.717) is 17.9 Å². The van der Waals surface area contributed by atoms with Crippen LogP contribution in [0.5, 0.6) is 17.2 Å². The number of phenolic OH excluding ortho intramolecular Hbond substituents is 1. The Bertz CT molecular complexity index is 465. The van der Waals surface area contributed by atoms with Crippen LogP contribution >= 0.6 is 0 Å². The Hall–Kier alpha value is -1.91. The lowest BCUT2D eigenvalue weighted by atomic mass is 9.81. The molecule has 1 rings (SSSR count). The summed E-state index contributed by atoms with van der Waals surface area (Å²) < 4.78 is 10.5. The van der Waals surface area contributed by atoms with Crippen LogP contribution in [0.25, 0.3) is 0 Å². The van der Waals surface area contributed by atoms with Gasteiger partial charge in [0, 0.05) is 5.41 Å². The molecule has 0 fully saturated rings. The highest BCUT2D eigenvalue weighted by Crippen LogP contribution is 2.41. The second-order valence-corrected chi connectivity index (χ2v) is 4.91. The maximum absolute atomic E-state index is 10.9. The Morgan fingerprint density at radius 1 is 1.37 bits per heavy atom. The van der Waals surface area contributed by atoms with Crippen LogP contribution in [0.3, 0.4) is 0 Å². The molecule has 0 unspecified atom stereocenters. The van der Waals surface area contributed by atoms with Crippen molar-refractivity contribution in [1.29, 1.82) is 0 Å². The van der Waals surface area contributed by atoms with Crippen LogP contribution in [-0.2, 0) is 10.2 Å². The number of phenols is 1. The van der Waals surface area contributed by atoms with Crippen LogP contribution in [-0.4, -0.2) is 29.9 Å². The van der Waals surface area contributed by atoms with Gasteiger partial charge in [-0.2, -0.15) is 0 Å². The van der Waals surface area contributed by atoms with Gasteiger partial charge in [0.25, 0.3) is 0 Å². The van der Waals surface area contributed by atoms with Crippen LogP contribution in [0.2, 0.25) is 0 Å². The zero-order valence-electron chi connectivity index (χ0n) is 11.7. The highest BCUT2D eigenvalue weighted by Gasteiger charge is 2.27. The van der Waals surface area contributed by atoms with Crippen molar-refractivity contribution < 1.29 is 24.5 Å². The van der Waals surface area contributed by atoms with Crippen molar-refractivity contribution in [1.82, 2.24) is 0 Å². The van der Waals surface area contributed by atoms with Gasteiger partial charge < -0.3 is 19.7 Å². The van der Waals surface area contributed by atoms with Crippen molar-refractivity contribution in [3.63, 3.8) is 0 Å². The Morgan fingerprint density at radius 2 is 2.00 bits per heavy atom. The van der Waals surface area contributed by atoms with Crippen molar-refractivity contribution in [2.45, 2.75) is 32.6 Å². The third-order valence-electron chi connectivity index (χ3n) is 2.91. The van der Waals surface area contributed by atoms with Gasteiger partial charge in [-0.25, -0.2) is 0 Å². The van der Waals surface area contributed by atoms with E-state index < -0.39 is 11.4 Å². The predicted molar refractivity (Wildman–Crippen MR) is 71.1 cm³/mol. The molecule has 5 heteroatoms. The minimum atomic E-state index is -0.890. The van der Waals surface area contributed by atoms with E-state index in [1.165, 1.54) is 13.2 Å². The number of carboxylic acid groups (broad SMARTS) is 1. The lowest BCUT2D eigenvalue weighted by Gasteiger charge is -2.24. The summed E-state index contributed by atoms with van der Waals surface area (Å²) in [5.74, 6) is -0.268. The molecule has 2 N–H and O–H groups in total. The molecule has 0 bridgehead atoms. The number of benzene rings is 1. The molecule has 19 heavy (non-hydrogen) atoms. The second-order valence-electron chi connectivity index (χ2n) is 4.91. The Kier molecular flexibility index (Phi) is 4.64. The molecule has 1 aromatic rings. The van der Waals surface area contributed by atoms with E-state index in [1.54, 1.807) is 19.9 Å². The molecule has 0 atom stereocenters. The SMILES string of the molecule is CCOc1cc(C(C)(C)CC(=O)O)cc(O)c1OC. The van der Waals surface area contributed by atoms with Gasteiger partial charge in [0.2, 0.25) is 5.75 Å². The molecule has 0 saturated carbocycles. The molecule has 0 spiro atoms. The summed E-state index contributed by atoms with van der Waals surface area (Å²) in [6.45, 7) is 5.86. The number of carboxylic acids is 1. The first-order valence-electron chi connectivity index (χ1n) is 6.08. The summed E-state index contributed by atoms with van der Waals surface area (Å²) in [6.07, 6.45) is -0.0374. The average Bonchev–Trinajstić information content (AvgIpc) is 2.27. The number of hydrogen-bond acceptors (Lipinski definition) is 4. The first-order valence-corrected chi connectivity index (χ1v) is 6.08. The Balaban J connectivity index is 3.26. The fourth-order valence-corrected chi connectivity index (χ4v) is 1.93. The van der Waals surface area contributed by atoms with Gasteiger partial charge in [-0.1, -0.05) is 13.8 Å². The number of hydrogen-bond donors (Lipinski definition) is 2. The maximum atomic E-state index is 10.9. The molecular weight excluding hydrogens is 248 g/mol. The fourth-order valence-electron chi connectivity index (χ4n) is 1.93. The summed E-state index contributed by atoms with van der Waals surface area (Å²) in [5.41, 5.74) is 0.0817. The number of rotatable bonds is 6. The van der Waals surface area contributed by atoms with Gasteiger partial charge in [0.1, 0.15) is 0 Å². The van der Waals surface area contributed by atoms with Crippen molar-refractivity contribution >= 4 is 5.97 Å². The zero-order valence-corrected chi connectivity index (χ0v) is 11.7. The number of aromatic hydroxyl groups is 1. The second kappa shape index (κ2) is 5.82. The third-order valence-corrected chi connectivity index (χ3v) is 2.91. The molecule has 0 radical (unpaired) electrons. The Morgan fingerprint density at radius 3 is 2.47 bits per heavy atom. The van der Waals surface area contributed by atoms with Crippen LogP contribution in [0, 0.1) is 0 Å². The van der Waals surface area contributed by atoms with Gasteiger partial charge >= 0.3 is 5.97 Å². The predicted octanol–water partition coefficient (Wildman–Crippen LogP) is 2.55. The summed E-state index contributed by atoms with van der Waals surface area (Å²) in [6, 6.07) is 3.23. The standard InChI is InChI=1S/C14H20O5/c1-5-19-11-7-9(6-10(15)13(11)18-4)14(2,3)8-12(16)17/h6-7,15H,5,8H2,1-4H3,(H,16,17). The molecule has 0 aromatic heterocycles. The monoisotopic (exact) mass is 268 g/mol. The van der Waals surface area contributed by atoms with Gasteiger partial charge in [-0.05, 0) is 24.6 Å². The number of ether oxygens (including phenoxy) is 2. The quantitative estimate of drug-likeness (QED) is 0.829. The van der Waals surface area contributed by atoms with E-state index in [2.05, 4.69) is 0 Å². The minimum Gasteiger partial charge on any atom is -0.504 e. The zero-order chi connectivity index (χ0) is 14.6. The van der Waals surface area contributed by atoms with E-state index in [4.69, 9.17) is 14.6 Å². The molecule has 5 nitrogen and oxygen atoms in total. The van der Waals surface area contributed by atoms with Crippen LogP contribution < -0.4 is 9.47 Å². The highest BCUT2D eigenvalue weighted by molar-refractivity contribution is 5.69. The molecule has 0 aliphatic heterocycles. The number of methoxy groups -OCH3 is 1. The first-order chi connectivity index (χ1) is 8.81. The third kappa shape index (κ3) is 3.53. The van der Waals surface area contributed by atoms with E-state index in [9.17, 15) is 9.90 Å². The van der Waals surface area contributed by atoms with Crippen molar-refractivity contribution in [2.24, 2.45) is 0 Å². The normalized spacial score (nSPS) is 11.2. The molecule has 0 aliphatic rings. The fraction of sp³-hybridized carbons (Fsp3) is 0.500. The van der Waals surface area contributed by atoms with E-state index >= 15 is 0 Å². The van der Waals surface area contributed by atoms with Crippen molar-refractivity contribution in [2.75, 3.05) is 13.7 Å². The lowest BCUT2D eigenvalue weighted by Crippen LogP contribution is -2.21. The maximum Gasteiger partial charge on any atom is 0.304 e. The molecule has 106 valence electrons. The molecule has 0 amide bonds. The van der Waals surface area contributed by atoms with Crippen LogP contribution in [0.1, 0.15) is 32.8 Å². The summed E-state index contributed by atoms with van der Waals surface area (Å²) >= 11 is 0. The molecule has 0 aliphatic carbocycles. The molecule has 0 heterocycles. The summed E-state index contributed by atoms with van der Waals surface area (Å²) in [7, 11) is 1.44. The average molecular weight is 268 g/mol. The lowest BCUT2D eigenvalue weighted by molar-refractivity contribution is -0.138. The Labute approximate surface area is 112 Å². The topological polar surface area (TPSA) is 76.0 Å². The van der Waals surface area contributed by atoms with E-state index in [1.807, 2.05) is 6.92 Å². The van der Waals surface area contributed by atoms with Gasteiger partial charge in [-0.15, -0.1) is 0 Å².